The molecule has 2 aliphatic heterocycles. The molecule has 0 aliphatic carbocycles. The Labute approximate surface area is 142 Å². The largest absolute Gasteiger partial charge is 0.348 e. The van der Waals surface area contributed by atoms with Crippen molar-refractivity contribution in [3.63, 3.8) is 0 Å². The zero-order chi connectivity index (χ0) is 16.7. The molecule has 0 radical (unpaired) electrons. The number of carbonyl (C=O) groups excluding carboxylic acids is 1. The van der Waals surface area contributed by atoms with Gasteiger partial charge in [0, 0.05) is 31.0 Å². The van der Waals surface area contributed by atoms with E-state index in [4.69, 9.17) is 0 Å². The van der Waals surface area contributed by atoms with E-state index in [2.05, 4.69) is 15.2 Å². The minimum absolute atomic E-state index is 0.0342. The molecule has 1 aromatic carbocycles. The van der Waals surface area contributed by atoms with Gasteiger partial charge in [-0.15, -0.1) is 0 Å². The summed E-state index contributed by atoms with van der Waals surface area (Å²) in [4.78, 5) is 19.5. The Morgan fingerprint density at radius 2 is 1.88 bits per heavy atom. The van der Waals surface area contributed by atoms with Crippen LogP contribution in [0.4, 0.5) is 19.7 Å². The normalized spacial score (nSPS) is 20.7. The van der Waals surface area contributed by atoms with Crippen molar-refractivity contribution in [2.75, 3.05) is 23.3 Å². The second-order valence-electron chi connectivity index (χ2n) is 6.20. The molecular weight excluding hydrogens is 332 g/mol. The fraction of sp³-hybridized carbons (Fsp3) is 0.412. The fourth-order valence-corrected chi connectivity index (χ4v) is 4.59. The smallest absolute Gasteiger partial charge is 0.226 e. The molecule has 7 heteroatoms. The van der Waals surface area contributed by atoms with Crippen LogP contribution in [0.25, 0.3) is 0 Å². The Morgan fingerprint density at radius 3 is 2.58 bits per heavy atom. The molecule has 0 bridgehead atoms. The number of rotatable bonds is 2. The minimum Gasteiger partial charge on any atom is -0.348 e. The van der Waals surface area contributed by atoms with Gasteiger partial charge in [-0.2, -0.15) is 0 Å². The van der Waals surface area contributed by atoms with E-state index in [0.29, 0.717) is 5.82 Å². The average molecular weight is 349 g/mol. The number of hydrogen-bond donors (Lipinski definition) is 1. The zero-order valence-corrected chi connectivity index (χ0v) is 13.8. The van der Waals surface area contributed by atoms with Gasteiger partial charge in [0.05, 0.1) is 4.88 Å². The first-order chi connectivity index (χ1) is 11.6. The number of nitrogens with zero attached hydrogens (tertiary/aromatic N) is 2. The number of nitrogens with one attached hydrogen (secondary N) is 1. The van der Waals surface area contributed by atoms with Crippen LogP contribution in [0.2, 0.25) is 0 Å². The molecule has 1 saturated heterocycles. The molecule has 1 unspecified atom stereocenters. The summed E-state index contributed by atoms with van der Waals surface area (Å²) in [5, 5.41) is 3.57. The topological polar surface area (TPSA) is 45.2 Å². The standard InChI is InChI=1S/C17H17F2N3OS/c18-11-5-4-6-12(19)14(11)10-9-13(23)20-16-15(10)24-17(21-16)22-7-2-1-3-8-22/h4-6,10H,1-3,7-9H2,(H,20,23). The number of aromatic nitrogens is 1. The summed E-state index contributed by atoms with van der Waals surface area (Å²) in [5.74, 6) is -1.66. The molecule has 1 N–H and O–H groups in total. The lowest BCUT2D eigenvalue weighted by Gasteiger charge is -2.25. The Hall–Kier alpha value is -2.02. The van der Waals surface area contributed by atoms with Crippen LogP contribution in [0.5, 0.6) is 0 Å². The Bertz CT molecular complexity index is 766. The predicted molar refractivity (Wildman–Crippen MR) is 89.6 cm³/mol. The van der Waals surface area contributed by atoms with E-state index in [0.717, 1.165) is 35.9 Å². The van der Waals surface area contributed by atoms with Crippen molar-refractivity contribution in [2.24, 2.45) is 0 Å². The summed E-state index contributed by atoms with van der Waals surface area (Å²) >= 11 is 1.43. The molecule has 1 fully saturated rings. The number of fused-ring (bicyclic) bond motifs is 1. The molecular formula is C17H17F2N3OS. The molecule has 1 atom stereocenters. The minimum atomic E-state index is -0.619. The Balaban J connectivity index is 1.76. The van der Waals surface area contributed by atoms with Crippen LogP contribution >= 0.6 is 11.3 Å². The van der Waals surface area contributed by atoms with Crippen LogP contribution in [0.15, 0.2) is 18.2 Å². The molecule has 3 heterocycles. The molecule has 126 valence electrons. The van der Waals surface area contributed by atoms with Crippen LogP contribution in [0.3, 0.4) is 0 Å². The highest BCUT2D eigenvalue weighted by Gasteiger charge is 2.34. The van der Waals surface area contributed by atoms with Gasteiger partial charge in [-0.25, -0.2) is 13.8 Å². The summed E-state index contributed by atoms with van der Waals surface area (Å²) < 4.78 is 28.4. The third-order valence-corrected chi connectivity index (χ3v) is 5.81. The van der Waals surface area contributed by atoms with E-state index in [9.17, 15) is 13.6 Å². The second kappa shape index (κ2) is 6.12. The van der Waals surface area contributed by atoms with Gasteiger partial charge in [-0.1, -0.05) is 17.4 Å². The van der Waals surface area contributed by atoms with Crippen LogP contribution in [0, 0.1) is 11.6 Å². The first kappa shape index (κ1) is 15.5. The van der Waals surface area contributed by atoms with Gasteiger partial charge < -0.3 is 10.2 Å². The average Bonchev–Trinajstić information content (AvgIpc) is 2.99. The number of carbonyl (C=O) groups is 1. The molecule has 0 spiro atoms. The third kappa shape index (κ3) is 2.66. The Morgan fingerprint density at radius 1 is 1.17 bits per heavy atom. The van der Waals surface area contributed by atoms with Gasteiger partial charge in [0.25, 0.3) is 0 Å². The van der Waals surface area contributed by atoms with E-state index in [1.807, 2.05) is 0 Å². The molecule has 4 nitrogen and oxygen atoms in total. The second-order valence-corrected chi connectivity index (χ2v) is 7.21. The number of hydrogen-bond acceptors (Lipinski definition) is 4. The lowest BCUT2D eigenvalue weighted by molar-refractivity contribution is -0.116. The summed E-state index contributed by atoms with van der Waals surface area (Å²) in [6.07, 6.45) is 3.47. The fourth-order valence-electron chi connectivity index (χ4n) is 3.40. The Kier molecular flexibility index (Phi) is 3.96. The van der Waals surface area contributed by atoms with Gasteiger partial charge in [-0.05, 0) is 31.4 Å². The van der Waals surface area contributed by atoms with Crippen molar-refractivity contribution in [1.82, 2.24) is 4.98 Å². The number of thiazole rings is 1. The maximum absolute atomic E-state index is 14.2. The van der Waals surface area contributed by atoms with Gasteiger partial charge in [0.2, 0.25) is 5.91 Å². The SMILES string of the molecule is O=C1CC(c2c(F)cccc2F)c2sc(N3CCCCC3)nc2N1. The van der Waals surface area contributed by atoms with Gasteiger partial charge in [-0.3, -0.25) is 4.79 Å². The zero-order valence-electron chi connectivity index (χ0n) is 13.0. The predicted octanol–water partition coefficient (Wildman–Crippen LogP) is 3.89. The van der Waals surface area contributed by atoms with E-state index < -0.39 is 17.6 Å². The van der Waals surface area contributed by atoms with Crippen LogP contribution in [-0.4, -0.2) is 24.0 Å². The van der Waals surface area contributed by atoms with E-state index in [-0.39, 0.29) is 17.9 Å². The monoisotopic (exact) mass is 349 g/mol. The van der Waals surface area contributed by atoms with Gasteiger partial charge in [0.1, 0.15) is 17.5 Å². The van der Waals surface area contributed by atoms with E-state index in [1.165, 1.54) is 36.0 Å². The van der Waals surface area contributed by atoms with E-state index in [1.54, 1.807) is 0 Å². The first-order valence-electron chi connectivity index (χ1n) is 8.13. The van der Waals surface area contributed by atoms with Crippen molar-refractivity contribution in [2.45, 2.75) is 31.6 Å². The highest BCUT2D eigenvalue weighted by Crippen LogP contribution is 2.44. The van der Waals surface area contributed by atoms with Crippen LogP contribution < -0.4 is 10.2 Å². The summed E-state index contributed by atoms with van der Waals surface area (Å²) in [6, 6.07) is 3.80. The number of halogens is 2. The van der Waals surface area contributed by atoms with Crippen molar-refractivity contribution in [1.29, 1.82) is 0 Å². The molecule has 2 aliphatic rings. The molecule has 0 saturated carbocycles. The molecule has 2 aromatic rings. The molecule has 1 aromatic heterocycles. The highest BCUT2D eigenvalue weighted by molar-refractivity contribution is 7.16. The molecule has 4 rings (SSSR count). The maximum atomic E-state index is 14.2. The van der Waals surface area contributed by atoms with Crippen LogP contribution in [0.1, 0.15) is 42.0 Å². The maximum Gasteiger partial charge on any atom is 0.226 e. The number of piperidine rings is 1. The van der Waals surface area contributed by atoms with E-state index >= 15 is 0 Å². The number of benzene rings is 1. The first-order valence-corrected chi connectivity index (χ1v) is 8.94. The van der Waals surface area contributed by atoms with Crippen molar-refractivity contribution in [3.8, 4) is 0 Å². The number of amides is 1. The number of anilines is 2. The summed E-state index contributed by atoms with van der Waals surface area (Å²) in [7, 11) is 0. The third-order valence-electron chi connectivity index (χ3n) is 4.58. The van der Waals surface area contributed by atoms with Gasteiger partial charge >= 0.3 is 0 Å². The summed E-state index contributed by atoms with van der Waals surface area (Å²) in [6.45, 7) is 1.86. The lowest BCUT2D eigenvalue weighted by Crippen LogP contribution is -2.29. The van der Waals surface area contributed by atoms with Gasteiger partial charge in [0.15, 0.2) is 5.13 Å². The summed E-state index contributed by atoms with van der Waals surface area (Å²) in [5.41, 5.74) is -0.0394. The molecule has 1 amide bonds. The quantitative estimate of drug-likeness (QED) is 0.895. The van der Waals surface area contributed by atoms with Crippen molar-refractivity contribution in [3.05, 3.63) is 40.3 Å². The van der Waals surface area contributed by atoms with Crippen molar-refractivity contribution < 1.29 is 13.6 Å². The lowest BCUT2D eigenvalue weighted by atomic mass is 9.91. The molecule has 24 heavy (non-hydrogen) atoms. The van der Waals surface area contributed by atoms with Crippen LogP contribution in [-0.2, 0) is 4.79 Å². The highest BCUT2D eigenvalue weighted by atomic mass is 32.1. The van der Waals surface area contributed by atoms with Crippen molar-refractivity contribution >= 4 is 28.2 Å².